The van der Waals surface area contributed by atoms with E-state index in [1.54, 1.807) is 7.11 Å². The van der Waals surface area contributed by atoms with Crippen molar-refractivity contribution in [3.63, 3.8) is 0 Å². The molecule has 2 rings (SSSR count). The molecule has 19 heavy (non-hydrogen) atoms. The molecule has 0 radical (unpaired) electrons. The van der Waals surface area contributed by atoms with Crippen LogP contribution in [0.4, 0.5) is 5.69 Å². The molecule has 0 bridgehead atoms. The number of carboxylic acid groups (broad SMARTS) is 1. The Morgan fingerprint density at radius 1 is 1.37 bits per heavy atom. The van der Waals surface area contributed by atoms with E-state index in [4.69, 9.17) is 4.74 Å². The molecule has 1 saturated heterocycles. The summed E-state index contributed by atoms with van der Waals surface area (Å²) in [4.78, 5) is 13.3. The first kappa shape index (κ1) is 13.7. The fourth-order valence-electron chi connectivity index (χ4n) is 2.31. The van der Waals surface area contributed by atoms with Crippen LogP contribution in [-0.2, 0) is 4.79 Å². The number of hydrogen-bond donors (Lipinski definition) is 2. The number of aliphatic carboxylic acids is 1. The van der Waals surface area contributed by atoms with Crippen LogP contribution in [0, 0.1) is 5.92 Å². The maximum atomic E-state index is 11.2. The Morgan fingerprint density at radius 3 is 2.63 bits per heavy atom. The van der Waals surface area contributed by atoms with Gasteiger partial charge in [0.1, 0.15) is 5.75 Å². The molecule has 0 aromatic heterocycles. The van der Waals surface area contributed by atoms with Crippen molar-refractivity contribution in [3.8, 4) is 5.75 Å². The maximum absolute atomic E-state index is 11.2. The lowest BCUT2D eigenvalue weighted by Gasteiger charge is -2.26. The van der Waals surface area contributed by atoms with E-state index in [1.807, 2.05) is 24.3 Å². The Bertz CT molecular complexity index is 433. The number of carbonyl (C=O) groups is 1. The predicted octanol–water partition coefficient (Wildman–Crippen LogP) is 1.19. The summed E-state index contributed by atoms with van der Waals surface area (Å²) in [7, 11) is 1.63. The zero-order valence-corrected chi connectivity index (χ0v) is 11.3. The van der Waals surface area contributed by atoms with Gasteiger partial charge in [-0.05, 0) is 31.2 Å². The first-order valence-electron chi connectivity index (χ1n) is 6.45. The molecular formula is C14H20N2O3. The molecule has 1 fully saturated rings. The molecule has 104 valence electrons. The summed E-state index contributed by atoms with van der Waals surface area (Å²) in [5.74, 6) is -0.327. The van der Waals surface area contributed by atoms with E-state index in [0.29, 0.717) is 13.1 Å². The van der Waals surface area contributed by atoms with Gasteiger partial charge in [-0.25, -0.2) is 0 Å². The molecule has 5 heteroatoms. The monoisotopic (exact) mass is 264 g/mol. The molecular weight excluding hydrogens is 244 g/mol. The van der Waals surface area contributed by atoms with Crippen LogP contribution in [0.2, 0.25) is 0 Å². The molecule has 0 saturated carbocycles. The zero-order chi connectivity index (χ0) is 13.8. The van der Waals surface area contributed by atoms with E-state index in [1.165, 1.54) is 0 Å². The predicted molar refractivity (Wildman–Crippen MR) is 73.8 cm³/mol. The molecule has 1 aromatic carbocycles. The van der Waals surface area contributed by atoms with Crippen molar-refractivity contribution in [1.82, 2.24) is 5.32 Å². The molecule has 0 aliphatic carbocycles. The highest BCUT2D eigenvalue weighted by Gasteiger charge is 2.26. The minimum absolute atomic E-state index is 0.270. The van der Waals surface area contributed by atoms with Gasteiger partial charge >= 0.3 is 5.97 Å². The van der Waals surface area contributed by atoms with Crippen molar-refractivity contribution in [2.24, 2.45) is 5.92 Å². The smallest absolute Gasteiger partial charge is 0.309 e. The molecule has 1 aliphatic rings. The summed E-state index contributed by atoms with van der Waals surface area (Å²) >= 11 is 0. The number of ether oxygens (including phenoxy) is 1. The Morgan fingerprint density at radius 2 is 2.05 bits per heavy atom. The summed E-state index contributed by atoms with van der Waals surface area (Å²) in [5, 5.41) is 12.5. The van der Waals surface area contributed by atoms with Crippen LogP contribution in [-0.4, -0.2) is 43.9 Å². The summed E-state index contributed by atoms with van der Waals surface area (Å²) in [5.41, 5.74) is 1.03. The van der Waals surface area contributed by atoms with E-state index in [0.717, 1.165) is 18.0 Å². The van der Waals surface area contributed by atoms with E-state index in [9.17, 15) is 9.90 Å². The van der Waals surface area contributed by atoms with Gasteiger partial charge in [-0.15, -0.1) is 0 Å². The van der Waals surface area contributed by atoms with Crippen molar-refractivity contribution in [1.29, 1.82) is 0 Å². The second-order valence-electron chi connectivity index (χ2n) is 4.95. The second kappa shape index (κ2) is 5.93. The van der Waals surface area contributed by atoms with E-state index < -0.39 is 5.97 Å². The van der Waals surface area contributed by atoms with Crippen LogP contribution in [0.15, 0.2) is 24.3 Å². The standard InChI is InChI=1S/C14H20N2O3/c1-10-8-16(9-11(7-15-10)14(17)18)12-3-5-13(19-2)6-4-12/h3-6,10-11,15H,7-9H2,1-2H3,(H,17,18). The Balaban J connectivity index is 2.17. The van der Waals surface area contributed by atoms with Crippen molar-refractivity contribution >= 4 is 11.7 Å². The minimum atomic E-state index is -0.750. The zero-order valence-electron chi connectivity index (χ0n) is 11.3. The second-order valence-corrected chi connectivity index (χ2v) is 4.95. The van der Waals surface area contributed by atoms with Gasteiger partial charge in [0.2, 0.25) is 0 Å². The molecule has 0 amide bonds. The van der Waals surface area contributed by atoms with E-state index in [-0.39, 0.29) is 12.0 Å². The van der Waals surface area contributed by atoms with Gasteiger partial charge in [0, 0.05) is 31.4 Å². The number of carboxylic acids is 1. The van der Waals surface area contributed by atoms with Crippen molar-refractivity contribution < 1.29 is 14.6 Å². The van der Waals surface area contributed by atoms with Crippen molar-refractivity contribution in [2.45, 2.75) is 13.0 Å². The van der Waals surface area contributed by atoms with E-state index in [2.05, 4.69) is 17.1 Å². The lowest BCUT2D eigenvalue weighted by Crippen LogP contribution is -2.35. The van der Waals surface area contributed by atoms with Gasteiger partial charge < -0.3 is 20.1 Å². The molecule has 2 unspecified atom stereocenters. The van der Waals surface area contributed by atoms with Crippen molar-refractivity contribution in [2.75, 3.05) is 31.6 Å². The van der Waals surface area contributed by atoms with Crippen LogP contribution in [0.5, 0.6) is 5.75 Å². The van der Waals surface area contributed by atoms with Crippen LogP contribution in [0.3, 0.4) is 0 Å². The summed E-state index contributed by atoms with van der Waals surface area (Å²) in [6.07, 6.45) is 0. The SMILES string of the molecule is COc1ccc(N2CC(C)NCC(C(=O)O)C2)cc1. The molecule has 1 aromatic rings. The fourth-order valence-corrected chi connectivity index (χ4v) is 2.31. The number of benzene rings is 1. The molecule has 2 N–H and O–H groups in total. The van der Waals surface area contributed by atoms with Gasteiger partial charge in [-0.3, -0.25) is 4.79 Å². The third kappa shape index (κ3) is 3.38. The number of hydrogen-bond acceptors (Lipinski definition) is 4. The molecule has 2 atom stereocenters. The summed E-state index contributed by atoms with van der Waals surface area (Å²) in [6, 6.07) is 8.00. The number of methoxy groups -OCH3 is 1. The normalized spacial score (nSPS) is 23.8. The van der Waals surface area contributed by atoms with Gasteiger partial charge in [-0.1, -0.05) is 0 Å². The Labute approximate surface area is 113 Å². The lowest BCUT2D eigenvalue weighted by atomic mass is 10.1. The largest absolute Gasteiger partial charge is 0.497 e. The topological polar surface area (TPSA) is 61.8 Å². The summed E-state index contributed by atoms with van der Waals surface area (Å²) < 4.78 is 5.14. The number of nitrogens with one attached hydrogen (secondary N) is 1. The quantitative estimate of drug-likeness (QED) is 0.859. The molecule has 1 aliphatic heterocycles. The molecule has 1 heterocycles. The minimum Gasteiger partial charge on any atom is -0.497 e. The highest BCUT2D eigenvalue weighted by molar-refractivity contribution is 5.71. The molecule has 5 nitrogen and oxygen atoms in total. The van der Waals surface area contributed by atoms with E-state index >= 15 is 0 Å². The Kier molecular flexibility index (Phi) is 4.27. The Hall–Kier alpha value is -1.75. The van der Waals surface area contributed by atoms with Crippen LogP contribution >= 0.6 is 0 Å². The lowest BCUT2D eigenvalue weighted by molar-refractivity contribution is -0.141. The fraction of sp³-hybridized carbons (Fsp3) is 0.500. The highest BCUT2D eigenvalue weighted by Crippen LogP contribution is 2.21. The number of rotatable bonds is 3. The first-order valence-corrected chi connectivity index (χ1v) is 6.45. The maximum Gasteiger partial charge on any atom is 0.309 e. The van der Waals surface area contributed by atoms with Gasteiger partial charge in [0.15, 0.2) is 0 Å². The van der Waals surface area contributed by atoms with Gasteiger partial charge in [0.05, 0.1) is 13.0 Å². The van der Waals surface area contributed by atoms with Gasteiger partial charge in [-0.2, -0.15) is 0 Å². The van der Waals surface area contributed by atoms with Gasteiger partial charge in [0.25, 0.3) is 0 Å². The third-order valence-electron chi connectivity index (χ3n) is 3.43. The average molecular weight is 264 g/mol. The third-order valence-corrected chi connectivity index (χ3v) is 3.43. The van der Waals surface area contributed by atoms with Crippen molar-refractivity contribution in [3.05, 3.63) is 24.3 Å². The number of anilines is 1. The van der Waals surface area contributed by atoms with Crippen LogP contribution in [0.25, 0.3) is 0 Å². The number of nitrogens with zero attached hydrogens (tertiary/aromatic N) is 1. The van der Waals surface area contributed by atoms with Crippen LogP contribution < -0.4 is 15.0 Å². The first-order chi connectivity index (χ1) is 9.10. The average Bonchev–Trinajstić information content (AvgIpc) is 2.61. The highest BCUT2D eigenvalue weighted by atomic mass is 16.5. The summed E-state index contributed by atoms with van der Waals surface area (Å²) in [6.45, 7) is 3.92. The molecule has 0 spiro atoms. The van der Waals surface area contributed by atoms with Crippen LogP contribution in [0.1, 0.15) is 6.92 Å².